The number of hydrogen-bond donors (Lipinski definition) is 0. The fraction of sp³-hybridized carbons (Fsp3) is 0.0909. The van der Waals surface area contributed by atoms with Gasteiger partial charge in [0.2, 0.25) is 0 Å². The average Bonchev–Trinajstić information content (AvgIpc) is 2.83. The number of thiophene rings is 1. The molecule has 0 saturated heterocycles. The van der Waals surface area contributed by atoms with Gasteiger partial charge in [0.1, 0.15) is 0 Å². The summed E-state index contributed by atoms with van der Waals surface area (Å²) in [5.41, 5.74) is 0.865. The Bertz CT molecular complexity index is 656. The maximum Gasteiger partial charge on any atom is 0.178 e. The van der Waals surface area contributed by atoms with Crippen molar-refractivity contribution in [3.63, 3.8) is 0 Å². The van der Waals surface area contributed by atoms with E-state index in [2.05, 4.69) is 45.2 Å². The minimum atomic E-state index is 0.865. The van der Waals surface area contributed by atoms with E-state index < -0.39 is 0 Å². The third kappa shape index (κ3) is 1.56. The van der Waals surface area contributed by atoms with Gasteiger partial charge >= 0.3 is 0 Å². The van der Waals surface area contributed by atoms with Crippen molar-refractivity contribution in [1.82, 2.24) is 14.6 Å². The largest absolute Gasteiger partial charge is 0.281 e. The van der Waals surface area contributed by atoms with Gasteiger partial charge in [0.05, 0.1) is 4.88 Å². The van der Waals surface area contributed by atoms with E-state index in [1.54, 1.807) is 11.3 Å². The van der Waals surface area contributed by atoms with Crippen molar-refractivity contribution in [2.75, 3.05) is 0 Å². The van der Waals surface area contributed by atoms with Gasteiger partial charge in [-0.25, -0.2) is 0 Å². The fourth-order valence-corrected chi connectivity index (χ4v) is 2.77. The van der Waals surface area contributed by atoms with Gasteiger partial charge in [-0.1, -0.05) is 0 Å². The Morgan fingerprint density at radius 2 is 2.06 bits per heavy atom. The first-order valence-corrected chi connectivity index (χ1v) is 6.42. The second-order valence-corrected chi connectivity index (χ2v) is 5.71. The van der Waals surface area contributed by atoms with Crippen molar-refractivity contribution < 1.29 is 0 Å². The summed E-state index contributed by atoms with van der Waals surface area (Å²) in [6.45, 7) is 2.09. The Labute approximate surface area is 105 Å². The molecule has 0 bridgehead atoms. The second kappa shape index (κ2) is 3.68. The first kappa shape index (κ1) is 9.99. The van der Waals surface area contributed by atoms with Crippen LogP contribution in [0, 0.1) is 6.92 Å². The summed E-state index contributed by atoms with van der Waals surface area (Å²) < 4.78 is 3.02. The minimum Gasteiger partial charge on any atom is -0.281 e. The standard InChI is InChI=1S/C11H8BrN3S/c1-7-2-4-9(16-7)11-14-13-10-5-3-8(12)6-15(10)11/h2-6H,1H3. The number of aromatic nitrogens is 3. The van der Waals surface area contributed by atoms with Gasteiger partial charge in [0.25, 0.3) is 0 Å². The van der Waals surface area contributed by atoms with Crippen LogP contribution in [0.25, 0.3) is 16.3 Å². The maximum absolute atomic E-state index is 4.22. The van der Waals surface area contributed by atoms with Crippen LogP contribution < -0.4 is 0 Å². The maximum atomic E-state index is 4.22. The summed E-state index contributed by atoms with van der Waals surface area (Å²) in [5.74, 6) is 0.898. The normalized spacial score (nSPS) is 11.1. The lowest BCUT2D eigenvalue weighted by Gasteiger charge is -1.97. The smallest absolute Gasteiger partial charge is 0.178 e. The van der Waals surface area contributed by atoms with Crippen molar-refractivity contribution >= 4 is 32.9 Å². The predicted octanol–water partition coefficient (Wildman–Crippen LogP) is 3.53. The third-order valence-electron chi connectivity index (χ3n) is 2.33. The zero-order valence-electron chi connectivity index (χ0n) is 8.51. The summed E-state index contributed by atoms with van der Waals surface area (Å²) in [4.78, 5) is 2.42. The molecule has 0 saturated carbocycles. The minimum absolute atomic E-state index is 0.865. The highest BCUT2D eigenvalue weighted by Crippen LogP contribution is 2.27. The molecule has 0 atom stereocenters. The van der Waals surface area contributed by atoms with Gasteiger partial charge in [0.15, 0.2) is 11.5 Å². The Balaban J connectivity index is 2.27. The molecule has 0 N–H and O–H groups in total. The van der Waals surface area contributed by atoms with Crippen molar-refractivity contribution in [3.05, 3.63) is 39.8 Å². The van der Waals surface area contributed by atoms with Gasteiger partial charge < -0.3 is 0 Å². The second-order valence-electron chi connectivity index (χ2n) is 3.51. The van der Waals surface area contributed by atoms with Crippen LogP contribution >= 0.6 is 27.3 Å². The van der Waals surface area contributed by atoms with E-state index in [9.17, 15) is 0 Å². The van der Waals surface area contributed by atoms with Gasteiger partial charge in [-0.2, -0.15) is 0 Å². The highest BCUT2D eigenvalue weighted by molar-refractivity contribution is 9.10. The Morgan fingerprint density at radius 3 is 2.81 bits per heavy atom. The molecule has 0 aliphatic rings. The van der Waals surface area contributed by atoms with E-state index in [-0.39, 0.29) is 0 Å². The molecule has 16 heavy (non-hydrogen) atoms. The van der Waals surface area contributed by atoms with Gasteiger partial charge in [-0.05, 0) is 47.1 Å². The van der Waals surface area contributed by atoms with Crippen LogP contribution in [0.5, 0.6) is 0 Å². The molecule has 0 aromatic carbocycles. The van der Waals surface area contributed by atoms with Crippen LogP contribution in [-0.2, 0) is 0 Å². The molecule has 3 heterocycles. The molecular formula is C11H8BrN3S. The van der Waals surface area contributed by atoms with Crippen LogP contribution in [0.1, 0.15) is 4.88 Å². The molecule has 5 heteroatoms. The summed E-state index contributed by atoms with van der Waals surface area (Å²) in [6, 6.07) is 8.09. The van der Waals surface area contributed by atoms with E-state index in [1.807, 2.05) is 22.7 Å². The van der Waals surface area contributed by atoms with E-state index in [0.717, 1.165) is 20.8 Å². The van der Waals surface area contributed by atoms with Crippen LogP contribution in [0.2, 0.25) is 0 Å². The topological polar surface area (TPSA) is 30.2 Å². The van der Waals surface area contributed by atoms with Crippen LogP contribution in [0.4, 0.5) is 0 Å². The number of nitrogens with zero attached hydrogens (tertiary/aromatic N) is 3. The third-order valence-corrected chi connectivity index (χ3v) is 3.79. The SMILES string of the molecule is Cc1ccc(-c2nnc3ccc(Br)cn23)s1. The molecule has 3 aromatic heterocycles. The predicted molar refractivity (Wildman–Crippen MR) is 68.7 cm³/mol. The van der Waals surface area contributed by atoms with Crippen molar-refractivity contribution in [1.29, 1.82) is 0 Å². The first-order chi connectivity index (χ1) is 7.74. The summed E-state index contributed by atoms with van der Waals surface area (Å²) in [5, 5.41) is 8.37. The number of fused-ring (bicyclic) bond motifs is 1. The number of aryl methyl sites for hydroxylation is 1. The number of halogens is 1. The summed E-state index contributed by atoms with van der Waals surface area (Å²) in [6.07, 6.45) is 1.99. The molecule has 3 nitrogen and oxygen atoms in total. The molecule has 0 aliphatic carbocycles. The lowest BCUT2D eigenvalue weighted by molar-refractivity contribution is 1.12. The zero-order valence-corrected chi connectivity index (χ0v) is 10.9. The molecule has 0 amide bonds. The number of rotatable bonds is 1. The quantitative estimate of drug-likeness (QED) is 0.687. The van der Waals surface area contributed by atoms with E-state index in [1.165, 1.54) is 4.88 Å². The zero-order chi connectivity index (χ0) is 11.1. The molecule has 0 fully saturated rings. The Morgan fingerprint density at radius 1 is 1.19 bits per heavy atom. The van der Waals surface area contributed by atoms with E-state index >= 15 is 0 Å². The molecule has 0 spiro atoms. The number of hydrogen-bond acceptors (Lipinski definition) is 3. The van der Waals surface area contributed by atoms with E-state index in [0.29, 0.717) is 0 Å². The number of pyridine rings is 1. The van der Waals surface area contributed by atoms with Crippen LogP contribution in [0.3, 0.4) is 0 Å². The first-order valence-electron chi connectivity index (χ1n) is 4.81. The fourth-order valence-electron chi connectivity index (χ4n) is 1.59. The molecule has 0 radical (unpaired) electrons. The van der Waals surface area contributed by atoms with Crippen LogP contribution in [-0.4, -0.2) is 14.6 Å². The molecule has 3 aromatic rings. The lowest BCUT2D eigenvalue weighted by Crippen LogP contribution is -1.86. The van der Waals surface area contributed by atoms with Gasteiger partial charge in [-0.3, -0.25) is 4.40 Å². The molecule has 0 unspecified atom stereocenters. The summed E-state index contributed by atoms with van der Waals surface area (Å²) >= 11 is 5.18. The monoisotopic (exact) mass is 293 g/mol. The van der Waals surface area contributed by atoms with Gasteiger partial charge in [-0.15, -0.1) is 21.5 Å². The van der Waals surface area contributed by atoms with Crippen LogP contribution in [0.15, 0.2) is 34.9 Å². The Kier molecular flexibility index (Phi) is 2.29. The van der Waals surface area contributed by atoms with E-state index in [4.69, 9.17) is 0 Å². The molecular weight excluding hydrogens is 286 g/mol. The van der Waals surface area contributed by atoms with Crippen molar-refractivity contribution in [2.24, 2.45) is 0 Å². The average molecular weight is 294 g/mol. The highest BCUT2D eigenvalue weighted by atomic mass is 79.9. The summed E-state index contributed by atoms with van der Waals surface area (Å²) in [7, 11) is 0. The van der Waals surface area contributed by atoms with Gasteiger partial charge in [0, 0.05) is 15.5 Å². The van der Waals surface area contributed by atoms with Crippen molar-refractivity contribution in [3.8, 4) is 10.7 Å². The highest BCUT2D eigenvalue weighted by Gasteiger charge is 2.09. The lowest BCUT2D eigenvalue weighted by atomic mass is 10.4. The molecule has 3 rings (SSSR count). The Hall–Kier alpha value is -1.20. The molecule has 80 valence electrons. The van der Waals surface area contributed by atoms with Crippen molar-refractivity contribution in [2.45, 2.75) is 6.92 Å². The molecule has 0 aliphatic heterocycles.